The van der Waals surface area contributed by atoms with Crippen LogP contribution in [-0.2, 0) is 9.47 Å². The molecule has 0 heterocycles. The number of benzene rings is 1. The fourth-order valence-corrected chi connectivity index (χ4v) is 2.65. The van der Waals surface area contributed by atoms with Crippen molar-refractivity contribution < 1.29 is 19.1 Å². The van der Waals surface area contributed by atoms with Gasteiger partial charge < -0.3 is 9.47 Å². The largest absolute Gasteiger partial charge is 0.462 e. The number of hydrogen-bond acceptors (Lipinski definition) is 4. The molecule has 25 heavy (non-hydrogen) atoms. The zero-order chi connectivity index (χ0) is 18.5. The van der Waals surface area contributed by atoms with Crippen molar-refractivity contribution in [3.05, 3.63) is 35.4 Å². The molecule has 0 saturated carbocycles. The molecule has 0 aromatic heterocycles. The highest BCUT2D eigenvalue weighted by molar-refractivity contribution is 6.03. The molecule has 0 atom stereocenters. The van der Waals surface area contributed by atoms with Gasteiger partial charge in [0.05, 0.1) is 24.3 Å². The van der Waals surface area contributed by atoms with Crippen molar-refractivity contribution in [2.45, 2.75) is 65.7 Å². The first-order valence-electron chi connectivity index (χ1n) is 9.49. The molecule has 0 N–H and O–H groups in total. The van der Waals surface area contributed by atoms with E-state index in [-0.39, 0.29) is 17.7 Å². The van der Waals surface area contributed by atoms with Gasteiger partial charge in [0.25, 0.3) is 0 Å². The Balaban J connectivity index is 2.26. The predicted molar refractivity (Wildman–Crippen MR) is 99.8 cm³/mol. The maximum absolute atomic E-state index is 12.2. The lowest BCUT2D eigenvalue weighted by Gasteiger charge is -2.09. The molecule has 0 unspecified atom stereocenters. The van der Waals surface area contributed by atoms with Crippen molar-refractivity contribution in [2.75, 3.05) is 13.2 Å². The number of unbranched alkanes of at least 4 members (excludes halogenated alkanes) is 5. The van der Waals surface area contributed by atoms with Crippen LogP contribution in [-0.4, -0.2) is 25.2 Å². The van der Waals surface area contributed by atoms with Crippen LogP contribution in [0.25, 0.3) is 0 Å². The highest BCUT2D eigenvalue weighted by atomic mass is 16.5. The Labute approximate surface area is 151 Å². The van der Waals surface area contributed by atoms with E-state index in [1.807, 2.05) is 0 Å². The third kappa shape index (κ3) is 8.71. The van der Waals surface area contributed by atoms with E-state index in [9.17, 15) is 9.59 Å². The van der Waals surface area contributed by atoms with Crippen molar-refractivity contribution in [3.63, 3.8) is 0 Å². The normalized spacial score (nSPS) is 10.7. The number of rotatable bonds is 12. The minimum Gasteiger partial charge on any atom is -0.462 e. The number of hydrogen-bond donors (Lipinski definition) is 0. The molecule has 0 saturated heterocycles. The standard InChI is InChI=1S/C21H32O4/c1-4-24-20(22)18-14-10-11-15-19(18)21(23)25-16-12-8-6-5-7-9-13-17(2)3/h10-11,14-15,17H,4-9,12-13,16H2,1-3H3. The molecular formula is C21H32O4. The molecule has 0 fully saturated rings. The average molecular weight is 348 g/mol. The molecule has 0 radical (unpaired) electrons. The van der Waals surface area contributed by atoms with Gasteiger partial charge in [0.15, 0.2) is 0 Å². The van der Waals surface area contributed by atoms with Crippen molar-refractivity contribution >= 4 is 11.9 Å². The van der Waals surface area contributed by atoms with Crippen LogP contribution in [0.2, 0.25) is 0 Å². The summed E-state index contributed by atoms with van der Waals surface area (Å²) < 4.78 is 10.3. The van der Waals surface area contributed by atoms with Gasteiger partial charge >= 0.3 is 11.9 Å². The monoisotopic (exact) mass is 348 g/mol. The molecule has 0 aliphatic carbocycles. The summed E-state index contributed by atoms with van der Waals surface area (Å²) in [7, 11) is 0. The number of esters is 2. The van der Waals surface area contributed by atoms with Gasteiger partial charge in [-0.15, -0.1) is 0 Å². The second-order valence-corrected chi connectivity index (χ2v) is 6.71. The molecule has 4 nitrogen and oxygen atoms in total. The van der Waals surface area contributed by atoms with E-state index in [1.54, 1.807) is 31.2 Å². The molecule has 140 valence electrons. The van der Waals surface area contributed by atoms with Crippen molar-refractivity contribution in [1.82, 2.24) is 0 Å². The Morgan fingerprint density at radius 3 is 1.92 bits per heavy atom. The van der Waals surface area contributed by atoms with E-state index >= 15 is 0 Å². The van der Waals surface area contributed by atoms with Gasteiger partial charge in [0.1, 0.15) is 0 Å². The number of ether oxygens (including phenoxy) is 2. The fraction of sp³-hybridized carbons (Fsp3) is 0.619. The van der Waals surface area contributed by atoms with E-state index in [0.717, 1.165) is 18.8 Å². The average Bonchev–Trinajstić information content (AvgIpc) is 2.60. The Morgan fingerprint density at radius 2 is 1.36 bits per heavy atom. The van der Waals surface area contributed by atoms with Crippen molar-refractivity contribution in [3.8, 4) is 0 Å². The quantitative estimate of drug-likeness (QED) is 0.374. The summed E-state index contributed by atoms with van der Waals surface area (Å²) in [5.41, 5.74) is 0.536. The summed E-state index contributed by atoms with van der Waals surface area (Å²) >= 11 is 0. The smallest absolute Gasteiger partial charge is 0.339 e. The molecule has 1 aromatic rings. The maximum atomic E-state index is 12.2. The summed E-state index contributed by atoms with van der Waals surface area (Å²) in [4.78, 5) is 24.1. The van der Waals surface area contributed by atoms with Crippen LogP contribution < -0.4 is 0 Å². The SMILES string of the molecule is CCOC(=O)c1ccccc1C(=O)OCCCCCCCCC(C)C. The third-order valence-electron chi connectivity index (χ3n) is 4.05. The lowest BCUT2D eigenvalue weighted by atomic mass is 10.0. The van der Waals surface area contributed by atoms with E-state index in [4.69, 9.17) is 9.47 Å². The first kappa shape index (κ1) is 21.2. The Kier molecular flexibility index (Phi) is 10.6. The molecule has 1 rings (SSSR count). The summed E-state index contributed by atoms with van der Waals surface area (Å²) in [5, 5.41) is 0. The molecule has 0 spiro atoms. The van der Waals surface area contributed by atoms with Gasteiger partial charge in [-0.05, 0) is 31.4 Å². The first-order valence-corrected chi connectivity index (χ1v) is 9.49. The van der Waals surface area contributed by atoms with Crippen LogP contribution in [0.5, 0.6) is 0 Å². The molecule has 0 bridgehead atoms. The Morgan fingerprint density at radius 1 is 0.840 bits per heavy atom. The summed E-state index contributed by atoms with van der Waals surface area (Å²) in [6, 6.07) is 6.62. The van der Waals surface area contributed by atoms with Crippen LogP contribution in [0, 0.1) is 5.92 Å². The topological polar surface area (TPSA) is 52.6 Å². The van der Waals surface area contributed by atoms with Gasteiger partial charge in [-0.1, -0.05) is 64.5 Å². The van der Waals surface area contributed by atoms with Crippen LogP contribution in [0.4, 0.5) is 0 Å². The van der Waals surface area contributed by atoms with Gasteiger partial charge in [-0.25, -0.2) is 9.59 Å². The highest BCUT2D eigenvalue weighted by Crippen LogP contribution is 2.14. The third-order valence-corrected chi connectivity index (χ3v) is 4.05. The summed E-state index contributed by atoms with van der Waals surface area (Å²) in [6.07, 6.45) is 8.23. The zero-order valence-electron chi connectivity index (χ0n) is 15.9. The van der Waals surface area contributed by atoms with Crippen LogP contribution in [0.1, 0.15) is 86.4 Å². The molecule has 0 aliphatic heterocycles. The molecule has 1 aromatic carbocycles. The number of carbonyl (C=O) groups is 2. The maximum Gasteiger partial charge on any atom is 0.339 e. The second-order valence-electron chi connectivity index (χ2n) is 6.71. The minimum absolute atomic E-state index is 0.263. The van der Waals surface area contributed by atoms with Crippen LogP contribution in [0.15, 0.2) is 24.3 Å². The highest BCUT2D eigenvalue weighted by Gasteiger charge is 2.18. The van der Waals surface area contributed by atoms with Gasteiger partial charge in [0, 0.05) is 0 Å². The van der Waals surface area contributed by atoms with Gasteiger partial charge in [-0.3, -0.25) is 0 Å². The molecular weight excluding hydrogens is 316 g/mol. The zero-order valence-corrected chi connectivity index (χ0v) is 15.9. The van der Waals surface area contributed by atoms with E-state index in [0.29, 0.717) is 6.61 Å². The van der Waals surface area contributed by atoms with Crippen LogP contribution in [0.3, 0.4) is 0 Å². The summed E-state index contributed by atoms with van der Waals surface area (Å²) in [6.45, 7) is 6.92. The van der Waals surface area contributed by atoms with Crippen LogP contribution >= 0.6 is 0 Å². The van der Waals surface area contributed by atoms with Crippen molar-refractivity contribution in [2.24, 2.45) is 5.92 Å². The van der Waals surface area contributed by atoms with E-state index in [2.05, 4.69) is 13.8 Å². The fourth-order valence-electron chi connectivity index (χ4n) is 2.65. The second kappa shape index (κ2) is 12.5. The predicted octanol–water partition coefficient (Wildman–Crippen LogP) is 5.41. The first-order chi connectivity index (χ1) is 12.1. The number of carbonyl (C=O) groups excluding carboxylic acids is 2. The lowest BCUT2D eigenvalue weighted by molar-refractivity contribution is 0.0462. The van der Waals surface area contributed by atoms with Gasteiger partial charge in [-0.2, -0.15) is 0 Å². The Bertz CT molecular complexity index is 522. The van der Waals surface area contributed by atoms with Crippen molar-refractivity contribution in [1.29, 1.82) is 0 Å². The minimum atomic E-state index is -0.489. The lowest BCUT2D eigenvalue weighted by Crippen LogP contribution is -2.14. The Hall–Kier alpha value is -1.84. The molecule has 0 aliphatic rings. The van der Waals surface area contributed by atoms with E-state index < -0.39 is 11.9 Å². The van der Waals surface area contributed by atoms with E-state index in [1.165, 1.54) is 32.1 Å². The molecule has 4 heteroatoms. The molecule has 0 amide bonds. The van der Waals surface area contributed by atoms with Gasteiger partial charge in [0.2, 0.25) is 0 Å². The summed E-state index contributed by atoms with van der Waals surface area (Å²) in [5.74, 6) is -0.158.